The molecule has 3 heterocycles. The van der Waals surface area contributed by atoms with Gasteiger partial charge in [0.25, 0.3) is 11.5 Å². The first kappa shape index (κ1) is 20.2. The van der Waals surface area contributed by atoms with E-state index in [4.69, 9.17) is 0 Å². The number of fused-ring (bicyclic) bond motifs is 1. The predicted molar refractivity (Wildman–Crippen MR) is 118 cm³/mol. The lowest BCUT2D eigenvalue weighted by Gasteiger charge is -2.41. The number of aromatic nitrogens is 3. The highest BCUT2D eigenvalue weighted by molar-refractivity contribution is 5.92. The average molecular weight is 423 g/mol. The number of aromatic amines is 1. The van der Waals surface area contributed by atoms with Crippen LogP contribution in [0.2, 0.25) is 0 Å². The zero-order valence-electron chi connectivity index (χ0n) is 18.2. The molecule has 1 aliphatic heterocycles. The van der Waals surface area contributed by atoms with Crippen LogP contribution in [0.5, 0.6) is 0 Å². The number of carbonyl (C=O) groups excluding carboxylic acids is 1. The number of amides is 1. The minimum Gasteiger partial charge on any atom is -0.368 e. The van der Waals surface area contributed by atoms with E-state index in [1.807, 2.05) is 13.0 Å². The van der Waals surface area contributed by atoms with Crippen LogP contribution in [-0.4, -0.2) is 65.0 Å². The van der Waals surface area contributed by atoms with Crippen LogP contribution in [0.15, 0.2) is 29.3 Å². The molecule has 1 unspecified atom stereocenters. The van der Waals surface area contributed by atoms with Gasteiger partial charge in [-0.15, -0.1) is 0 Å². The highest BCUT2D eigenvalue weighted by atomic mass is 16.1. The Hall–Kier alpha value is -2.74. The molecule has 2 bridgehead atoms. The van der Waals surface area contributed by atoms with Crippen LogP contribution in [-0.2, 0) is 11.8 Å². The van der Waals surface area contributed by atoms with Gasteiger partial charge in [0.2, 0.25) is 0 Å². The van der Waals surface area contributed by atoms with Crippen molar-refractivity contribution in [1.29, 1.82) is 0 Å². The molecule has 0 radical (unpaired) electrons. The quantitative estimate of drug-likeness (QED) is 0.755. The summed E-state index contributed by atoms with van der Waals surface area (Å²) in [5.74, 6) is 1.44. The number of pyridine rings is 1. The summed E-state index contributed by atoms with van der Waals surface area (Å²) < 4.78 is 0. The number of hydrogen-bond donors (Lipinski definition) is 2. The minimum atomic E-state index is -0.161. The highest BCUT2D eigenvalue weighted by Crippen LogP contribution is 2.60. The topological polar surface area (TPSA) is 94.2 Å². The Kier molecular flexibility index (Phi) is 5.04. The van der Waals surface area contributed by atoms with Gasteiger partial charge in [0.05, 0.1) is 11.9 Å². The zero-order valence-corrected chi connectivity index (χ0v) is 18.2. The van der Waals surface area contributed by atoms with Crippen LogP contribution in [0.4, 0.5) is 5.69 Å². The van der Waals surface area contributed by atoms with Gasteiger partial charge >= 0.3 is 0 Å². The molecule has 3 saturated carbocycles. The number of nitrogens with one attached hydrogen (secondary N) is 2. The lowest BCUT2D eigenvalue weighted by molar-refractivity contribution is 0.0958. The Balaban J connectivity index is 1.21. The van der Waals surface area contributed by atoms with Crippen molar-refractivity contribution in [2.45, 2.75) is 44.1 Å². The summed E-state index contributed by atoms with van der Waals surface area (Å²) in [4.78, 5) is 41.0. The molecule has 1 saturated heterocycles. The Morgan fingerprint density at radius 1 is 1.16 bits per heavy atom. The lowest BCUT2D eigenvalue weighted by Crippen LogP contribution is -2.51. The van der Waals surface area contributed by atoms with Gasteiger partial charge in [-0.1, -0.05) is 6.92 Å². The molecule has 2 aromatic heterocycles. The van der Waals surface area contributed by atoms with Gasteiger partial charge in [0, 0.05) is 56.4 Å². The standard InChI is InChI=1S/C23H30N6O2/c1-3-15-13-26-22(27-20(15)30)23-10-16(11-23)19(12-23)29-8-6-28(7-9-29)17-4-5-18(25-14-17)21(31)24-2/h4-5,13-14,16,19H,3,6-12H2,1-2H3,(H,24,31)(H,26,27,30). The second kappa shape index (κ2) is 7.75. The van der Waals surface area contributed by atoms with E-state index >= 15 is 0 Å². The molecule has 2 aromatic rings. The lowest BCUT2D eigenvalue weighted by atomic mass is 9.69. The molecule has 6 rings (SSSR count). The van der Waals surface area contributed by atoms with Crippen molar-refractivity contribution in [3.63, 3.8) is 0 Å². The van der Waals surface area contributed by atoms with Crippen molar-refractivity contribution in [2.75, 3.05) is 38.1 Å². The summed E-state index contributed by atoms with van der Waals surface area (Å²) in [6.07, 6.45) is 7.65. The van der Waals surface area contributed by atoms with Crippen LogP contribution in [0.3, 0.4) is 0 Å². The molecule has 164 valence electrons. The Morgan fingerprint density at radius 3 is 2.55 bits per heavy atom. The summed E-state index contributed by atoms with van der Waals surface area (Å²) in [6, 6.07) is 4.34. The highest BCUT2D eigenvalue weighted by Gasteiger charge is 2.59. The maximum absolute atomic E-state index is 12.3. The third-order valence-electron chi connectivity index (χ3n) is 7.56. The molecule has 1 amide bonds. The number of anilines is 1. The SMILES string of the molecule is CCc1cnc(C23CC(C2)C(N2CCN(c4ccc(C(=O)NC)nc4)CC2)C3)[nH]c1=O. The number of piperazine rings is 1. The van der Waals surface area contributed by atoms with Gasteiger partial charge in [-0.3, -0.25) is 14.5 Å². The van der Waals surface area contributed by atoms with Crippen molar-refractivity contribution in [3.05, 3.63) is 52.0 Å². The number of rotatable bonds is 5. The molecule has 2 N–H and O–H groups in total. The normalized spacial score (nSPS) is 27.7. The van der Waals surface area contributed by atoms with Gasteiger partial charge in [-0.05, 0) is 43.7 Å². The van der Waals surface area contributed by atoms with Crippen molar-refractivity contribution in [1.82, 2.24) is 25.2 Å². The first-order chi connectivity index (χ1) is 15.0. The molecule has 8 heteroatoms. The van der Waals surface area contributed by atoms with Crippen LogP contribution in [0.1, 0.15) is 48.1 Å². The van der Waals surface area contributed by atoms with Crippen LogP contribution < -0.4 is 15.8 Å². The maximum Gasteiger partial charge on any atom is 0.269 e. The van der Waals surface area contributed by atoms with Crippen LogP contribution in [0.25, 0.3) is 0 Å². The fourth-order valence-electron chi connectivity index (χ4n) is 5.76. The summed E-state index contributed by atoms with van der Waals surface area (Å²) in [5.41, 5.74) is 2.37. The third kappa shape index (κ3) is 3.43. The number of aryl methyl sites for hydroxylation is 1. The number of H-pyrrole nitrogens is 1. The van der Waals surface area contributed by atoms with Crippen molar-refractivity contribution >= 4 is 11.6 Å². The first-order valence-corrected chi connectivity index (χ1v) is 11.3. The van der Waals surface area contributed by atoms with E-state index in [2.05, 4.69) is 30.1 Å². The predicted octanol–water partition coefficient (Wildman–Crippen LogP) is 1.33. The van der Waals surface area contributed by atoms with Gasteiger partial charge in [-0.25, -0.2) is 9.97 Å². The van der Waals surface area contributed by atoms with Gasteiger partial charge in [0.1, 0.15) is 11.5 Å². The summed E-state index contributed by atoms with van der Waals surface area (Å²) in [7, 11) is 1.61. The molecule has 0 spiro atoms. The van der Waals surface area contributed by atoms with E-state index in [1.54, 1.807) is 25.5 Å². The number of nitrogens with zero attached hydrogens (tertiary/aromatic N) is 4. The molecule has 31 heavy (non-hydrogen) atoms. The molecule has 4 aliphatic rings. The molecule has 4 fully saturated rings. The molecule has 3 aliphatic carbocycles. The number of carbonyl (C=O) groups is 1. The largest absolute Gasteiger partial charge is 0.368 e. The summed E-state index contributed by atoms with van der Waals surface area (Å²) in [6.45, 7) is 5.94. The van der Waals surface area contributed by atoms with E-state index in [0.717, 1.165) is 68.9 Å². The molecular formula is C23H30N6O2. The second-order valence-electron chi connectivity index (χ2n) is 9.16. The fraction of sp³-hybridized carbons (Fsp3) is 0.565. The van der Waals surface area contributed by atoms with E-state index in [9.17, 15) is 9.59 Å². The van der Waals surface area contributed by atoms with Gasteiger partial charge in [-0.2, -0.15) is 0 Å². The first-order valence-electron chi connectivity index (χ1n) is 11.3. The number of hydrogen-bond acceptors (Lipinski definition) is 6. The summed E-state index contributed by atoms with van der Waals surface area (Å²) in [5, 5.41) is 2.60. The molecular weight excluding hydrogens is 392 g/mol. The fourth-order valence-corrected chi connectivity index (χ4v) is 5.76. The molecule has 1 atom stereocenters. The van der Waals surface area contributed by atoms with Crippen LogP contribution >= 0.6 is 0 Å². The Labute approximate surface area is 182 Å². The van der Waals surface area contributed by atoms with Crippen molar-refractivity contribution in [2.24, 2.45) is 5.92 Å². The van der Waals surface area contributed by atoms with Crippen molar-refractivity contribution in [3.8, 4) is 0 Å². The van der Waals surface area contributed by atoms with E-state index in [-0.39, 0.29) is 16.9 Å². The maximum atomic E-state index is 12.3. The van der Waals surface area contributed by atoms with E-state index < -0.39 is 0 Å². The van der Waals surface area contributed by atoms with Gasteiger partial charge in [0.15, 0.2) is 0 Å². The Bertz CT molecular complexity index is 1020. The molecule has 8 nitrogen and oxygen atoms in total. The van der Waals surface area contributed by atoms with Gasteiger partial charge < -0.3 is 15.2 Å². The molecule has 0 aromatic carbocycles. The minimum absolute atomic E-state index is 0.0263. The average Bonchev–Trinajstić information content (AvgIpc) is 3.36. The zero-order chi connectivity index (χ0) is 21.6. The van der Waals surface area contributed by atoms with E-state index in [1.165, 1.54) is 0 Å². The van der Waals surface area contributed by atoms with Crippen molar-refractivity contribution < 1.29 is 4.79 Å². The van der Waals surface area contributed by atoms with E-state index in [0.29, 0.717) is 17.7 Å². The Morgan fingerprint density at radius 2 is 1.94 bits per heavy atom. The smallest absolute Gasteiger partial charge is 0.269 e. The van der Waals surface area contributed by atoms with Crippen LogP contribution in [0, 0.1) is 5.92 Å². The second-order valence-corrected chi connectivity index (χ2v) is 9.16. The monoisotopic (exact) mass is 422 g/mol. The third-order valence-corrected chi connectivity index (χ3v) is 7.56. The summed E-state index contributed by atoms with van der Waals surface area (Å²) >= 11 is 0.